The molecule has 0 aliphatic carbocycles. The van der Waals surface area contributed by atoms with Crippen LogP contribution in [0.2, 0.25) is 0 Å². The largest absolute Gasteiger partial charge is 0.455 e. The third-order valence-electron chi connectivity index (χ3n) is 12.2. The Balaban J connectivity index is 1.03. The summed E-state index contributed by atoms with van der Waals surface area (Å²) in [5, 5.41) is 7.19. The summed E-state index contributed by atoms with van der Waals surface area (Å²) in [7, 11) is 0. The minimum atomic E-state index is 0.884. The Hall–Kier alpha value is -8.14. The van der Waals surface area contributed by atoms with Crippen LogP contribution in [0.3, 0.4) is 0 Å². The number of para-hydroxylation sites is 7. The van der Waals surface area contributed by atoms with Crippen molar-refractivity contribution in [3.8, 4) is 39.1 Å². The van der Waals surface area contributed by atoms with E-state index < -0.39 is 0 Å². The molecule has 61 heavy (non-hydrogen) atoms. The molecule has 2 heterocycles. The summed E-state index contributed by atoms with van der Waals surface area (Å²) in [5.41, 5.74) is 15.2. The van der Waals surface area contributed by atoms with Crippen molar-refractivity contribution < 1.29 is 4.42 Å². The van der Waals surface area contributed by atoms with Crippen molar-refractivity contribution >= 4 is 71.6 Å². The maximum absolute atomic E-state index is 6.66. The normalized spacial score (nSPS) is 11.6. The van der Waals surface area contributed by atoms with Gasteiger partial charge in [-0.2, -0.15) is 0 Å². The SMILES string of the molecule is c1ccc(N(c2ccc(-c3ccc(-c4ccc5ccccc5c4)cc3)cc2)c2ccccc2-n2c3ccccc3c3ccccc32)c(-c2cccc3c2oc2ccccc23)c1. The standard InChI is InChI=1S/C58H38N2O/c1-2-15-43-38-44(33-32-39(43)14-1)42-30-28-40(29-31-42)41-34-36-45(37-35-41)59(52-22-7-5-18-48(52)50-20-13-21-51-49-19-6-12-27-57(49)61-58(50)51)55-25-10-11-26-56(55)60-53-23-8-3-16-46(53)47-17-4-9-24-54(47)60/h1-38H. The molecule has 0 N–H and O–H groups in total. The van der Waals surface area contributed by atoms with Gasteiger partial charge in [0.25, 0.3) is 0 Å². The number of benzene rings is 10. The fraction of sp³-hybridized carbons (Fsp3) is 0. The number of nitrogens with zero attached hydrogens (tertiary/aromatic N) is 2. The number of rotatable bonds is 7. The molecule has 0 radical (unpaired) electrons. The Kier molecular flexibility index (Phi) is 8.17. The number of aromatic nitrogens is 1. The highest BCUT2D eigenvalue weighted by Crippen LogP contribution is 2.47. The van der Waals surface area contributed by atoms with E-state index in [2.05, 4.69) is 234 Å². The molecule has 2 aromatic heterocycles. The van der Waals surface area contributed by atoms with Crippen molar-refractivity contribution in [1.29, 1.82) is 0 Å². The summed E-state index contributed by atoms with van der Waals surface area (Å²) in [5.74, 6) is 0. The Labute approximate surface area is 353 Å². The Bertz CT molecular complexity index is 3540. The van der Waals surface area contributed by atoms with Crippen LogP contribution < -0.4 is 4.90 Å². The fourth-order valence-corrected chi connectivity index (χ4v) is 9.31. The zero-order valence-corrected chi connectivity index (χ0v) is 33.2. The highest BCUT2D eigenvalue weighted by Gasteiger charge is 2.24. The maximum Gasteiger partial charge on any atom is 0.143 e. The summed E-state index contributed by atoms with van der Waals surface area (Å²) in [4.78, 5) is 2.42. The van der Waals surface area contributed by atoms with E-state index in [1.165, 1.54) is 49.3 Å². The lowest BCUT2D eigenvalue weighted by atomic mass is 9.97. The number of hydrogen-bond acceptors (Lipinski definition) is 2. The van der Waals surface area contributed by atoms with Crippen molar-refractivity contribution in [1.82, 2.24) is 4.57 Å². The smallest absolute Gasteiger partial charge is 0.143 e. The van der Waals surface area contributed by atoms with E-state index in [0.717, 1.165) is 61.4 Å². The van der Waals surface area contributed by atoms with Gasteiger partial charge in [-0.15, -0.1) is 0 Å². The lowest BCUT2D eigenvalue weighted by molar-refractivity contribution is 0.670. The minimum absolute atomic E-state index is 0.884. The van der Waals surface area contributed by atoms with Crippen LogP contribution in [0.15, 0.2) is 235 Å². The van der Waals surface area contributed by atoms with E-state index >= 15 is 0 Å². The van der Waals surface area contributed by atoms with Gasteiger partial charge in [0.15, 0.2) is 0 Å². The molecule has 0 saturated heterocycles. The number of hydrogen-bond donors (Lipinski definition) is 0. The van der Waals surface area contributed by atoms with E-state index in [0.29, 0.717) is 0 Å². The van der Waals surface area contributed by atoms with Gasteiger partial charge in [0.2, 0.25) is 0 Å². The van der Waals surface area contributed by atoms with Gasteiger partial charge in [-0.3, -0.25) is 0 Å². The quantitative estimate of drug-likeness (QED) is 0.161. The zero-order valence-electron chi connectivity index (χ0n) is 33.2. The van der Waals surface area contributed by atoms with Crippen LogP contribution in [0.25, 0.3) is 93.6 Å². The molecule has 286 valence electrons. The van der Waals surface area contributed by atoms with Crippen molar-refractivity contribution in [2.45, 2.75) is 0 Å². The van der Waals surface area contributed by atoms with Crippen LogP contribution in [0.5, 0.6) is 0 Å². The van der Waals surface area contributed by atoms with E-state index in [1.807, 2.05) is 6.07 Å². The summed E-state index contributed by atoms with van der Waals surface area (Å²) in [6.45, 7) is 0. The van der Waals surface area contributed by atoms with E-state index in [4.69, 9.17) is 4.42 Å². The molecule has 0 saturated carbocycles. The van der Waals surface area contributed by atoms with Gasteiger partial charge in [0.05, 0.1) is 28.1 Å². The van der Waals surface area contributed by atoms with Crippen molar-refractivity contribution in [3.63, 3.8) is 0 Å². The lowest BCUT2D eigenvalue weighted by Crippen LogP contribution is -2.14. The Morgan fingerprint density at radius 1 is 0.344 bits per heavy atom. The summed E-state index contributed by atoms with van der Waals surface area (Å²) < 4.78 is 9.08. The van der Waals surface area contributed by atoms with Gasteiger partial charge in [0.1, 0.15) is 11.2 Å². The monoisotopic (exact) mass is 778 g/mol. The Morgan fingerprint density at radius 3 is 1.62 bits per heavy atom. The van der Waals surface area contributed by atoms with Gasteiger partial charge in [0, 0.05) is 38.4 Å². The molecule has 12 aromatic rings. The number of fused-ring (bicyclic) bond motifs is 7. The second-order valence-electron chi connectivity index (χ2n) is 15.7. The topological polar surface area (TPSA) is 21.3 Å². The van der Waals surface area contributed by atoms with Crippen LogP contribution in [0, 0.1) is 0 Å². The molecule has 12 rings (SSSR count). The number of anilines is 3. The predicted molar refractivity (Wildman–Crippen MR) is 257 cm³/mol. The summed E-state index contributed by atoms with van der Waals surface area (Å²) in [6.07, 6.45) is 0. The molecular weight excluding hydrogens is 741 g/mol. The first-order valence-corrected chi connectivity index (χ1v) is 20.8. The van der Waals surface area contributed by atoms with Crippen LogP contribution in [0.4, 0.5) is 17.1 Å². The van der Waals surface area contributed by atoms with Gasteiger partial charge in [-0.25, -0.2) is 0 Å². The molecule has 0 amide bonds. The molecule has 3 nitrogen and oxygen atoms in total. The van der Waals surface area contributed by atoms with Crippen LogP contribution in [-0.4, -0.2) is 4.57 Å². The molecule has 10 aromatic carbocycles. The summed E-state index contributed by atoms with van der Waals surface area (Å²) >= 11 is 0. The minimum Gasteiger partial charge on any atom is -0.455 e. The van der Waals surface area contributed by atoms with Gasteiger partial charge < -0.3 is 13.9 Å². The highest BCUT2D eigenvalue weighted by atomic mass is 16.3. The van der Waals surface area contributed by atoms with E-state index in [9.17, 15) is 0 Å². The third kappa shape index (κ3) is 5.82. The van der Waals surface area contributed by atoms with Gasteiger partial charge >= 0.3 is 0 Å². The second-order valence-corrected chi connectivity index (χ2v) is 15.7. The van der Waals surface area contributed by atoms with Crippen LogP contribution in [0.1, 0.15) is 0 Å². The third-order valence-corrected chi connectivity index (χ3v) is 12.2. The molecule has 0 fully saturated rings. The second kappa shape index (κ2) is 14.3. The molecule has 0 bridgehead atoms. The van der Waals surface area contributed by atoms with Gasteiger partial charge in [-0.05, 0) is 87.6 Å². The predicted octanol–water partition coefficient (Wildman–Crippen LogP) is 16.3. The van der Waals surface area contributed by atoms with Crippen molar-refractivity contribution in [3.05, 3.63) is 231 Å². The average molecular weight is 779 g/mol. The van der Waals surface area contributed by atoms with Gasteiger partial charge in [-0.1, -0.05) is 176 Å². The summed E-state index contributed by atoms with van der Waals surface area (Å²) in [6, 6.07) is 82.9. The van der Waals surface area contributed by atoms with Crippen molar-refractivity contribution in [2.24, 2.45) is 0 Å². The van der Waals surface area contributed by atoms with Crippen molar-refractivity contribution in [2.75, 3.05) is 4.90 Å². The molecule has 0 aliphatic rings. The fourth-order valence-electron chi connectivity index (χ4n) is 9.31. The molecule has 0 atom stereocenters. The number of furan rings is 1. The first kappa shape index (κ1) is 34.9. The first-order chi connectivity index (χ1) is 30.3. The Morgan fingerprint density at radius 2 is 0.869 bits per heavy atom. The molecule has 0 unspecified atom stereocenters. The maximum atomic E-state index is 6.66. The average Bonchev–Trinajstić information content (AvgIpc) is 3.88. The van der Waals surface area contributed by atoms with E-state index in [1.54, 1.807) is 0 Å². The lowest BCUT2D eigenvalue weighted by Gasteiger charge is -2.30. The van der Waals surface area contributed by atoms with Crippen LogP contribution in [-0.2, 0) is 0 Å². The van der Waals surface area contributed by atoms with E-state index in [-0.39, 0.29) is 0 Å². The molecule has 0 spiro atoms. The van der Waals surface area contributed by atoms with Crippen LogP contribution >= 0.6 is 0 Å². The first-order valence-electron chi connectivity index (χ1n) is 20.8. The molecular formula is C58H38N2O. The molecule has 3 heteroatoms. The zero-order chi connectivity index (χ0) is 40.3. The highest BCUT2D eigenvalue weighted by molar-refractivity contribution is 6.12. The molecule has 0 aliphatic heterocycles.